The predicted molar refractivity (Wildman–Crippen MR) is 112 cm³/mol. The van der Waals surface area contributed by atoms with Gasteiger partial charge in [0.2, 0.25) is 0 Å². The predicted octanol–water partition coefficient (Wildman–Crippen LogP) is 5.63. The zero-order valence-electron chi connectivity index (χ0n) is 16.8. The van der Waals surface area contributed by atoms with Gasteiger partial charge in [0.15, 0.2) is 5.78 Å². The van der Waals surface area contributed by atoms with Crippen molar-refractivity contribution in [3.63, 3.8) is 0 Å². The Morgan fingerprint density at radius 1 is 1.31 bits per heavy atom. The Labute approximate surface area is 157 Å². The Hall–Kier alpha value is -2.49. The van der Waals surface area contributed by atoms with Crippen LogP contribution in [0.25, 0.3) is 11.1 Å². The van der Waals surface area contributed by atoms with E-state index in [0.29, 0.717) is 5.57 Å². The molecule has 0 fully saturated rings. The molecule has 0 saturated heterocycles. The summed E-state index contributed by atoms with van der Waals surface area (Å²) in [6, 6.07) is 2.03. The average Bonchev–Trinajstić information content (AvgIpc) is 2.99. The maximum absolute atomic E-state index is 12.7. The van der Waals surface area contributed by atoms with Gasteiger partial charge in [-0.05, 0) is 50.8 Å². The van der Waals surface area contributed by atoms with Gasteiger partial charge in [0.05, 0.1) is 11.4 Å². The van der Waals surface area contributed by atoms with Gasteiger partial charge in [-0.25, -0.2) is 0 Å². The second kappa shape index (κ2) is 10.5. The van der Waals surface area contributed by atoms with Gasteiger partial charge in [0.1, 0.15) is 6.54 Å². The smallest absolute Gasteiger partial charge is 0.185 e. The second-order valence-corrected chi connectivity index (χ2v) is 6.53. The minimum atomic E-state index is -0.0602. The van der Waals surface area contributed by atoms with Crippen molar-refractivity contribution < 1.29 is 4.79 Å². The van der Waals surface area contributed by atoms with Gasteiger partial charge in [-0.1, -0.05) is 45.6 Å². The van der Waals surface area contributed by atoms with Crippen LogP contribution in [0.4, 0.5) is 0 Å². The summed E-state index contributed by atoms with van der Waals surface area (Å²) in [5.41, 5.74) is 5.28. The quantitative estimate of drug-likeness (QED) is 0.311. The van der Waals surface area contributed by atoms with E-state index in [9.17, 15) is 4.79 Å². The fraction of sp³-hybridized carbons (Fsp3) is 0.409. The molecular formula is C22H31N3O. The highest BCUT2D eigenvalue weighted by Gasteiger charge is 2.16. The Morgan fingerprint density at radius 2 is 2.00 bits per heavy atom. The lowest BCUT2D eigenvalue weighted by Crippen LogP contribution is -2.15. The van der Waals surface area contributed by atoms with Crippen molar-refractivity contribution in [1.29, 1.82) is 0 Å². The molecule has 0 aliphatic heterocycles. The van der Waals surface area contributed by atoms with E-state index in [2.05, 4.69) is 43.2 Å². The third kappa shape index (κ3) is 6.10. The molecule has 4 heteroatoms. The van der Waals surface area contributed by atoms with Crippen molar-refractivity contribution in [2.75, 3.05) is 0 Å². The first-order valence-electron chi connectivity index (χ1n) is 9.13. The van der Waals surface area contributed by atoms with Crippen LogP contribution in [0, 0.1) is 0 Å². The summed E-state index contributed by atoms with van der Waals surface area (Å²) in [6.45, 7) is 17.8. The normalized spacial score (nSPS) is 12.0. The molecule has 0 spiro atoms. The van der Waals surface area contributed by atoms with Gasteiger partial charge < -0.3 is 0 Å². The van der Waals surface area contributed by atoms with Gasteiger partial charge in [-0.2, -0.15) is 5.10 Å². The third-order valence-electron chi connectivity index (χ3n) is 3.81. The first-order valence-corrected chi connectivity index (χ1v) is 9.13. The molecule has 0 aromatic carbocycles. The summed E-state index contributed by atoms with van der Waals surface area (Å²) in [4.78, 5) is 16.9. The summed E-state index contributed by atoms with van der Waals surface area (Å²) in [5.74, 6) is -0.0602. The number of rotatable bonds is 10. The van der Waals surface area contributed by atoms with Crippen molar-refractivity contribution in [2.24, 2.45) is 4.99 Å². The molecule has 0 amide bonds. The maximum atomic E-state index is 12.7. The number of ketones is 1. The summed E-state index contributed by atoms with van der Waals surface area (Å²) in [7, 11) is 0. The Bertz CT molecular complexity index is 756. The minimum absolute atomic E-state index is 0.0602. The van der Waals surface area contributed by atoms with Crippen molar-refractivity contribution in [3.8, 4) is 0 Å². The lowest BCUT2D eigenvalue weighted by molar-refractivity contribution is -0.116. The highest BCUT2D eigenvalue weighted by Crippen LogP contribution is 2.24. The largest absolute Gasteiger partial charge is 0.292 e. The molecule has 0 atom stereocenters. The molecule has 1 rings (SSSR count). The van der Waals surface area contributed by atoms with Crippen molar-refractivity contribution in [2.45, 2.75) is 60.4 Å². The van der Waals surface area contributed by atoms with E-state index in [1.807, 2.05) is 26.8 Å². The SMILES string of the molecule is C=C/C(=C\N=C(C)C)C(=O)Cn1nc(C(=C)C)cc1/C(=C\CC)CCC. The van der Waals surface area contributed by atoms with Gasteiger partial charge in [-0.15, -0.1) is 0 Å². The van der Waals surface area contributed by atoms with E-state index in [-0.39, 0.29) is 12.3 Å². The topological polar surface area (TPSA) is 47.2 Å². The van der Waals surface area contributed by atoms with Crippen LogP contribution in [-0.2, 0) is 11.3 Å². The zero-order chi connectivity index (χ0) is 19.7. The van der Waals surface area contributed by atoms with Crippen LogP contribution in [-0.4, -0.2) is 21.3 Å². The number of carbonyl (C=O) groups excluding carboxylic acids is 1. The zero-order valence-corrected chi connectivity index (χ0v) is 16.8. The first kappa shape index (κ1) is 21.6. The van der Waals surface area contributed by atoms with Gasteiger partial charge in [0.25, 0.3) is 0 Å². The number of hydrogen-bond donors (Lipinski definition) is 0. The van der Waals surface area contributed by atoms with Crippen LogP contribution >= 0.6 is 0 Å². The summed E-state index contributed by atoms with van der Waals surface area (Å²) >= 11 is 0. The average molecular weight is 354 g/mol. The molecule has 0 bridgehead atoms. The highest BCUT2D eigenvalue weighted by molar-refractivity contribution is 5.98. The van der Waals surface area contributed by atoms with Crippen LogP contribution in [0.3, 0.4) is 0 Å². The molecule has 1 aromatic rings. The van der Waals surface area contributed by atoms with E-state index in [4.69, 9.17) is 0 Å². The molecule has 0 saturated carbocycles. The number of aliphatic imine (C=N–C) groups is 1. The minimum Gasteiger partial charge on any atom is -0.292 e. The van der Waals surface area contributed by atoms with Crippen LogP contribution < -0.4 is 0 Å². The number of nitrogens with zero attached hydrogens (tertiary/aromatic N) is 3. The Kier molecular flexibility index (Phi) is 8.70. The highest BCUT2D eigenvalue weighted by atomic mass is 16.1. The number of Topliss-reactive ketones (excluding diaryl/α,β-unsaturated/α-hetero) is 1. The molecule has 0 radical (unpaired) electrons. The molecule has 0 aliphatic carbocycles. The van der Waals surface area contributed by atoms with E-state index in [1.165, 1.54) is 5.57 Å². The molecular weight excluding hydrogens is 322 g/mol. The van der Waals surface area contributed by atoms with Crippen molar-refractivity contribution in [1.82, 2.24) is 9.78 Å². The van der Waals surface area contributed by atoms with Gasteiger partial charge in [0, 0.05) is 17.5 Å². The number of allylic oxidation sites excluding steroid dienone is 5. The number of aromatic nitrogens is 2. The molecule has 0 N–H and O–H groups in total. The van der Waals surface area contributed by atoms with Crippen molar-refractivity contribution >= 4 is 22.6 Å². The standard InChI is InChI=1S/C22H31N3O/c1-8-11-19(12-9-2)21-13-20(16(4)5)24-25(21)15-22(26)18(10-3)14-23-17(6)7/h10-11,13-14H,3-4,8-9,12,15H2,1-2,5-7H3/b18-14+,19-11-. The fourth-order valence-electron chi connectivity index (χ4n) is 2.52. The number of hydrogen-bond acceptors (Lipinski definition) is 3. The lowest BCUT2D eigenvalue weighted by atomic mass is 10.0. The summed E-state index contributed by atoms with van der Waals surface area (Å²) in [6.07, 6.45) is 8.26. The third-order valence-corrected chi connectivity index (χ3v) is 3.81. The maximum Gasteiger partial charge on any atom is 0.185 e. The van der Waals surface area contributed by atoms with Gasteiger partial charge >= 0.3 is 0 Å². The summed E-state index contributed by atoms with van der Waals surface area (Å²) in [5, 5.41) is 4.61. The number of carbonyl (C=O) groups is 1. The van der Waals surface area contributed by atoms with Gasteiger partial charge in [-0.3, -0.25) is 14.5 Å². The first-order chi connectivity index (χ1) is 12.3. The van der Waals surface area contributed by atoms with E-state index in [1.54, 1.807) is 17.0 Å². The molecule has 4 nitrogen and oxygen atoms in total. The monoisotopic (exact) mass is 353 g/mol. The fourth-order valence-corrected chi connectivity index (χ4v) is 2.52. The molecule has 140 valence electrons. The van der Waals surface area contributed by atoms with E-state index < -0.39 is 0 Å². The molecule has 1 heterocycles. The lowest BCUT2D eigenvalue weighted by Gasteiger charge is -2.10. The van der Waals surface area contributed by atoms with Crippen LogP contribution in [0.2, 0.25) is 0 Å². The molecule has 26 heavy (non-hydrogen) atoms. The van der Waals surface area contributed by atoms with Crippen molar-refractivity contribution in [3.05, 3.63) is 54.5 Å². The Morgan fingerprint density at radius 3 is 2.50 bits per heavy atom. The molecule has 0 unspecified atom stereocenters. The van der Waals surface area contributed by atoms with Crippen LogP contribution in [0.1, 0.15) is 65.3 Å². The van der Waals surface area contributed by atoms with E-state index in [0.717, 1.165) is 41.9 Å². The van der Waals surface area contributed by atoms with Crippen LogP contribution in [0.5, 0.6) is 0 Å². The van der Waals surface area contributed by atoms with Crippen LogP contribution in [0.15, 0.2) is 48.1 Å². The second-order valence-electron chi connectivity index (χ2n) is 6.53. The molecule has 1 aromatic heterocycles. The molecule has 0 aliphatic rings. The summed E-state index contributed by atoms with van der Waals surface area (Å²) < 4.78 is 1.78. The Balaban J connectivity index is 3.29. The van der Waals surface area contributed by atoms with E-state index >= 15 is 0 Å².